The minimum absolute atomic E-state index is 0.136. The number of carbonyl (C=O) groups excluding carboxylic acids is 2. The lowest BCUT2D eigenvalue weighted by atomic mass is 9.96. The van der Waals surface area contributed by atoms with Crippen molar-refractivity contribution in [2.45, 2.75) is 25.3 Å². The molecule has 1 atom stereocenters. The first kappa shape index (κ1) is 20.6. The predicted molar refractivity (Wildman–Crippen MR) is 116 cm³/mol. The van der Waals surface area contributed by atoms with E-state index >= 15 is 0 Å². The van der Waals surface area contributed by atoms with Gasteiger partial charge in [-0.15, -0.1) is 11.6 Å². The zero-order valence-corrected chi connectivity index (χ0v) is 17.1. The van der Waals surface area contributed by atoms with E-state index in [2.05, 4.69) is 5.32 Å². The molecule has 0 aromatic heterocycles. The second-order valence-electron chi connectivity index (χ2n) is 6.87. The number of hydrogen-bond acceptors (Lipinski definition) is 3. The molecule has 0 aliphatic rings. The lowest BCUT2D eigenvalue weighted by Crippen LogP contribution is -2.28. The quantitative estimate of drug-likeness (QED) is 0.433. The van der Waals surface area contributed by atoms with Crippen molar-refractivity contribution in [3.63, 3.8) is 0 Å². The van der Waals surface area contributed by atoms with Gasteiger partial charge in [0.25, 0.3) is 0 Å². The van der Waals surface area contributed by atoms with Crippen LogP contribution in [-0.2, 0) is 25.8 Å². The average Bonchev–Trinajstić information content (AvgIpc) is 2.73. The van der Waals surface area contributed by atoms with Crippen LogP contribution in [0.4, 0.5) is 5.69 Å². The van der Waals surface area contributed by atoms with E-state index in [1.54, 1.807) is 19.1 Å². The highest BCUT2D eigenvalue weighted by atomic mass is 35.5. The number of alkyl halides is 1. The SMILES string of the molecule is CC(=O)Nc1ccccc1-c1ccc(C(C)(Cl)C(=O)OCc2ccccc2)cc1. The third-order valence-corrected chi connectivity index (χ3v) is 4.94. The summed E-state index contributed by atoms with van der Waals surface area (Å²) in [5, 5.41) is 2.83. The Morgan fingerprint density at radius 1 is 0.931 bits per heavy atom. The van der Waals surface area contributed by atoms with Crippen LogP contribution in [0.25, 0.3) is 11.1 Å². The number of carbonyl (C=O) groups is 2. The Bertz CT molecular complexity index is 998. The molecule has 3 rings (SSSR count). The van der Waals surface area contributed by atoms with Crippen LogP contribution >= 0.6 is 11.6 Å². The van der Waals surface area contributed by atoms with Crippen LogP contribution in [-0.4, -0.2) is 11.9 Å². The molecule has 0 bridgehead atoms. The van der Waals surface area contributed by atoms with E-state index in [0.717, 1.165) is 22.4 Å². The minimum Gasteiger partial charge on any atom is -0.459 e. The van der Waals surface area contributed by atoms with Gasteiger partial charge in [-0.25, -0.2) is 4.79 Å². The fraction of sp³-hybridized carbons (Fsp3) is 0.167. The lowest BCUT2D eigenvalue weighted by Gasteiger charge is -2.21. The molecule has 1 N–H and O–H groups in total. The van der Waals surface area contributed by atoms with Gasteiger partial charge in [0, 0.05) is 18.2 Å². The van der Waals surface area contributed by atoms with Crippen LogP contribution < -0.4 is 5.32 Å². The molecule has 1 unspecified atom stereocenters. The maximum atomic E-state index is 12.6. The average molecular weight is 408 g/mol. The van der Waals surface area contributed by atoms with Crippen molar-refractivity contribution in [2.24, 2.45) is 0 Å². The van der Waals surface area contributed by atoms with Gasteiger partial charge in [-0.1, -0.05) is 72.8 Å². The third-order valence-electron chi connectivity index (χ3n) is 4.57. The fourth-order valence-electron chi connectivity index (χ4n) is 2.97. The van der Waals surface area contributed by atoms with Crippen LogP contribution in [0.2, 0.25) is 0 Å². The zero-order valence-electron chi connectivity index (χ0n) is 16.3. The number of rotatable bonds is 6. The summed E-state index contributed by atoms with van der Waals surface area (Å²) in [5.41, 5.74) is 4.06. The number of amides is 1. The second-order valence-corrected chi connectivity index (χ2v) is 7.62. The van der Waals surface area contributed by atoms with Gasteiger partial charge in [0.2, 0.25) is 5.91 Å². The molecule has 0 saturated heterocycles. The largest absolute Gasteiger partial charge is 0.459 e. The van der Waals surface area contributed by atoms with Crippen LogP contribution in [0.5, 0.6) is 0 Å². The van der Waals surface area contributed by atoms with Crippen LogP contribution in [0, 0.1) is 0 Å². The highest BCUT2D eigenvalue weighted by molar-refractivity contribution is 6.33. The van der Waals surface area contributed by atoms with Crippen molar-refractivity contribution in [3.05, 3.63) is 90.0 Å². The lowest BCUT2D eigenvalue weighted by molar-refractivity contribution is -0.148. The van der Waals surface area contributed by atoms with Crippen molar-refractivity contribution in [1.82, 2.24) is 0 Å². The van der Waals surface area contributed by atoms with E-state index in [0.29, 0.717) is 5.56 Å². The molecule has 0 radical (unpaired) electrons. The van der Waals surface area contributed by atoms with Gasteiger partial charge in [0.15, 0.2) is 4.87 Å². The number of hydrogen-bond donors (Lipinski definition) is 1. The fourth-order valence-corrected chi connectivity index (χ4v) is 3.15. The monoisotopic (exact) mass is 407 g/mol. The smallest absolute Gasteiger partial charge is 0.331 e. The van der Waals surface area contributed by atoms with Crippen LogP contribution in [0.3, 0.4) is 0 Å². The number of para-hydroxylation sites is 1. The zero-order chi connectivity index (χ0) is 20.9. The Labute approximate surface area is 175 Å². The molecular formula is C24H22ClNO3. The Hall–Kier alpha value is -3.11. The summed E-state index contributed by atoms with van der Waals surface area (Å²) >= 11 is 6.55. The topological polar surface area (TPSA) is 55.4 Å². The van der Waals surface area contributed by atoms with Gasteiger partial charge in [0.1, 0.15) is 6.61 Å². The number of ether oxygens (including phenoxy) is 1. The molecule has 0 aliphatic heterocycles. The van der Waals surface area contributed by atoms with Crippen molar-refractivity contribution < 1.29 is 14.3 Å². The Morgan fingerprint density at radius 3 is 2.21 bits per heavy atom. The number of halogens is 1. The first-order valence-corrected chi connectivity index (χ1v) is 9.63. The van der Waals surface area contributed by atoms with Gasteiger partial charge in [0.05, 0.1) is 0 Å². The Kier molecular flexibility index (Phi) is 6.35. The number of esters is 1. The molecule has 0 saturated carbocycles. The summed E-state index contributed by atoms with van der Waals surface area (Å²) < 4.78 is 5.41. The van der Waals surface area contributed by atoms with Gasteiger partial charge in [-0.3, -0.25) is 4.79 Å². The van der Waals surface area contributed by atoms with Crippen molar-refractivity contribution in [1.29, 1.82) is 0 Å². The molecule has 0 heterocycles. The molecule has 0 spiro atoms. The number of anilines is 1. The summed E-state index contributed by atoms with van der Waals surface area (Å²) in [4.78, 5) is 22.7. The van der Waals surface area contributed by atoms with E-state index in [9.17, 15) is 9.59 Å². The first-order valence-electron chi connectivity index (χ1n) is 9.25. The molecule has 1 amide bonds. The van der Waals surface area contributed by atoms with E-state index in [1.165, 1.54) is 6.92 Å². The van der Waals surface area contributed by atoms with Gasteiger partial charge < -0.3 is 10.1 Å². The minimum atomic E-state index is -1.30. The highest BCUT2D eigenvalue weighted by Gasteiger charge is 2.34. The first-order chi connectivity index (χ1) is 13.9. The second kappa shape index (κ2) is 8.93. The maximum absolute atomic E-state index is 12.6. The van der Waals surface area contributed by atoms with Gasteiger partial charge in [-0.2, -0.15) is 0 Å². The van der Waals surface area contributed by atoms with Crippen molar-refractivity contribution in [2.75, 3.05) is 5.32 Å². The summed E-state index contributed by atoms with van der Waals surface area (Å²) in [6, 6.07) is 24.4. The number of nitrogens with one attached hydrogen (secondary N) is 1. The third kappa shape index (κ3) is 5.04. The van der Waals surface area contributed by atoms with Gasteiger partial charge in [-0.05, 0) is 29.7 Å². The molecule has 3 aromatic rings. The molecule has 0 fully saturated rings. The van der Waals surface area contributed by atoms with Crippen molar-refractivity contribution >= 4 is 29.2 Å². The molecule has 148 valence electrons. The molecular weight excluding hydrogens is 386 g/mol. The van der Waals surface area contributed by atoms with E-state index in [4.69, 9.17) is 16.3 Å². The van der Waals surface area contributed by atoms with E-state index in [-0.39, 0.29) is 12.5 Å². The summed E-state index contributed by atoms with van der Waals surface area (Å²) in [5.74, 6) is -0.641. The Morgan fingerprint density at radius 2 is 1.55 bits per heavy atom. The predicted octanol–water partition coefficient (Wildman–Crippen LogP) is 5.51. The molecule has 0 aliphatic carbocycles. The molecule has 3 aromatic carbocycles. The standard InChI is InChI=1S/C24H22ClNO3/c1-17(27)26-22-11-7-6-10-21(22)19-12-14-20(15-13-19)24(2,25)23(28)29-16-18-8-4-3-5-9-18/h3-15H,16H2,1-2H3,(H,26,27). The van der Waals surface area contributed by atoms with Crippen molar-refractivity contribution in [3.8, 4) is 11.1 Å². The van der Waals surface area contributed by atoms with Crippen LogP contribution in [0.15, 0.2) is 78.9 Å². The summed E-state index contributed by atoms with van der Waals surface area (Å²) in [6.45, 7) is 3.27. The molecule has 4 nitrogen and oxygen atoms in total. The molecule has 29 heavy (non-hydrogen) atoms. The highest BCUT2D eigenvalue weighted by Crippen LogP contribution is 2.34. The van der Waals surface area contributed by atoms with Crippen LogP contribution in [0.1, 0.15) is 25.0 Å². The van der Waals surface area contributed by atoms with E-state index in [1.807, 2.05) is 66.7 Å². The Balaban J connectivity index is 1.77. The summed E-state index contributed by atoms with van der Waals surface area (Å²) in [6.07, 6.45) is 0. The van der Waals surface area contributed by atoms with E-state index < -0.39 is 10.8 Å². The maximum Gasteiger partial charge on any atom is 0.331 e. The normalized spacial score (nSPS) is 12.7. The number of benzene rings is 3. The summed E-state index contributed by atoms with van der Waals surface area (Å²) in [7, 11) is 0. The molecule has 5 heteroatoms. The van der Waals surface area contributed by atoms with Gasteiger partial charge >= 0.3 is 5.97 Å².